The van der Waals surface area contributed by atoms with Gasteiger partial charge in [-0.3, -0.25) is 4.79 Å². The summed E-state index contributed by atoms with van der Waals surface area (Å²) < 4.78 is 3.19. The molecule has 3 aromatic rings. The van der Waals surface area contributed by atoms with Crippen molar-refractivity contribution in [2.24, 2.45) is 0 Å². The number of anilines is 1. The summed E-state index contributed by atoms with van der Waals surface area (Å²) in [6.07, 6.45) is 0.909. The fraction of sp³-hybridized carbons (Fsp3) is 0.222. The van der Waals surface area contributed by atoms with Crippen molar-refractivity contribution >= 4 is 33.1 Å². The van der Waals surface area contributed by atoms with Crippen LogP contribution >= 0.6 is 11.3 Å². The normalized spacial score (nSPS) is 10.3. The van der Waals surface area contributed by atoms with Crippen LogP contribution < -0.4 is 26.9 Å². The Balaban J connectivity index is 0.00000192. The lowest BCUT2D eigenvalue weighted by Crippen LogP contribution is -3.00. The Bertz CT molecular complexity index is 829. The average Bonchev–Trinajstić information content (AvgIpc) is 2.92. The van der Waals surface area contributed by atoms with E-state index in [0.29, 0.717) is 6.54 Å². The molecule has 0 aliphatic carbocycles. The Morgan fingerprint density at radius 2 is 1.96 bits per heavy atom. The Kier molecular flexibility index (Phi) is 5.91. The highest BCUT2D eigenvalue weighted by Crippen LogP contribution is 2.21. The summed E-state index contributed by atoms with van der Waals surface area (Å²) in [5, 5.41) is 3.08. The van der Waals surface area contributed by atoms with Gasteiger partial charge in [-0.2, -0.15) is 4.57 Å². The minimum absolute atomic E-state index is 0. The van der Waals surface area contributed by atoms with Gasteiger partial charge in [-0.15, -0.1) is 0 Å². The average molecular weight is 391 g/mol. The number of rotatable bonds is 4. The maximum Gasteiger partial charge on any atom is 0.290 e. The highest BCUT2D eigenvalue weighted by atomic mass is 79.9. The van der Waals surface area contributed by atoms with Gasteiger partial charge in [-0.1, -0.05) is 48.6 Å². The first-order chi connectivity index (χ1) is 10.7. The zero-order valence-corrected chi connectivity index (χ0v) is 15.6. The number of thiazole rings is 1. The van der Waals surface area contributed by atoms with Crippen LogP contribution in [0.5, 0.6) is 0 Å². The quantitative estimate of drug-likeness (QED) is 0.653. The van der Waals surface area contributed by atoms with E-state index in [1.807, 2.05) is 47.3 Å². The predicted octanol–water partition coefficient (Wildman–Crippen LogP) is 0.702. The van der Waals surface area contributed by atoms with Gasteiger partial charge in [0.05, 0.1) is 0 Å². The summed E-state index contributed by atoms with van der Waals surface area (Å²) >= 11 is 1.66. The van der Waals surface area contributed by atoms with Gasteiger partial charge in [0, 0.05) is 11.8 Å². The van der Waals surface area contributed by atoms with Gasteiger partial charge in [0.15, 0.2) is 0 Å². The fourth-order valence-corrected chi connectivity index (χ4v) is 3.52. The minimum atomic E-state index is 0. The number of nitrogens with zero attached hydrogens (tertiary/aromatic N) is 1. The Morgan fingerprint density at radius 3 is 2.74 bits per heavy atom. The van der Waals surface area contributed by atoms with E-state index in [1.165, 1.54) is 10.3 Å². The smallest absolute Gasteiger partial charge is 0.290 e. The summed E-state index contributed by atoms with van der Waals surface area (Å²) in [6, 6.07) is 14.3. The van der Waals surface area contributed by atoms with Gasteiger partial charge in [0.25, 0.3) is 5.91 Å². The Hall–Kier alpha value is -1.72. The van der Waals surface area contributed by atoms with Gasteiger partial charge in [-0.05, 0) is 30.5 Å². The summed E-state index contributed by atoms with van der Waals surface area (Å²) in [6.45, 7) is 4.47. The lowest BCUT2D eigenvalue weighted by Gasteiger charge is -2.11. The summed E-state index contributed by atoms with van der Waals surface area (Å²) in [7, 11) is 0. The van der Waals surface area contributed by atoms with Gasteiger partial charge < -0.3 is 22.3 Å². The van der Waals surface area contributed by atoms with E-state index in [1.54, 1.807) is 11.3 Å². The Morgan fingerprint density at radius 1 is 1.17 bits per heavy atom. The van der Waals surface area contributed by atoms with E-state index >= 15 is 0 Å². The number of nitrogens with one attached hydrogen (secondary N) is 1. The van der Waals surface area contributed by atoms with Gasteiger partial charge >= 0.3 is 0 Å². The molecule has 0 fully saturated rings. The van der Waals surface area contributed by atoms with Crippen LogP contribution in [0.1, 0.15) is 18.1 Å². The van der Waals surface area contributed by atoms with Crippen LogP contribution in [0.2, 0.25) is 0 Å². The molecule has 0 aliphatic heterocycles. The lowest BCUT2D eigenvalue weighted by molar-refractivity contribution is -0.653. The lowest BCUT2D eigenvalue weighted by atomic mass is 10.1. The maximum absolute atomic E-state index is 12.4. The molecule has 1 amide bonds. The molecular weight excluding hydrogens is 372 g/mol. The fourth-order valence-electron chi connectivity index (χ4n) is 2.63. The molecule has 3 rings (SSSR count). The van der Waals surface area contributed by atoms with E-state index in [9.17, 15) is 4.79 Å². The first-order valence-corrected chi connectivity index (χ1v) is 8.31. The molecule has 23 heavy (non-hydrogen) atoms. The third kappa shape index (κ3) is 3.79. The molecule has 3 nitrogen and oxygen atoms in total. The molecule has 120 valence electrons. The molecule has 0 aliphatic rings. The zero-order valence-electron chi connectivity index (χ0n) is 13.2. The summed E-state index contributed by atoms with van der Waals surface area (Å²) in [4.78, 5) is 12.4. The molecule has 0 bridgehead atoms. The van der Waals surface area contributed by atoms with Crippen LogP contribution in [0.15, 0.2) is 48.0 Å². The van der Waals surface area contributed by atoms with Crippen molar-refractivity contribution in [3.63, 3.8) is 0 Å². The standard InChI is InChI=1S/C18H18N2OS.BrH/c1-3-14-8-6-7-13(2)18(14)19-17(21)11-20-12-22-16-10-5-4-9-15(16)20;/h4-10,12H,3,11H2,1-2H3;1H. The number of aromatic nitrogens is 1. The highest BCUT2D eigenvalue weighted by Gasteiger charge is 2.17. The highest BCUT2D eigenvalue weighted by molar-refractivity contribution is 7.16. The Labute approximate surface area is 150 Å². The van der Waals surface area contributed by atoms with Gasteiger partial charge in [0.2, 0.25) is 17.6 Å². The molecule has 2 aromatic carbocycles. The minimum Gasteiger partial charge on any atom is -1.00 e. The topological polar surface area (TPSA) is 33.0 Å². The number of benzene rings is 2. The SMILES string of the molecule is CCc1cccc(C)c1NC(=O)C[n+]1csc2ccccc21.[Br-]. The molecule has 1 heterocycles. The molecule has 0 atom stereocenters. The number of hydrogen-bond acceptors (Lipinski definition) is 2. The van der Waals surface area contributed by atoms with Gasteiger partial charge in [-0.25, -0.2) is 0 Å². The molecule has 0 radical (unpaired) electrons. The molecule has 0 unspecified atom stereocenters. The molecule has 1 aromatic heterocycles. The number of para-hydroxylation sites is 2. The van der Waals surface area contributed by atoms with Crippen LogP contribution in [0.4, 0.5) is 5.69 Å². The number of carbonyl (C=O) groups excluding carboxylic acids is 1. The number of hydrogen-bond donors (Lipinski definition) is 1. The molecular formula is C18H19BrN2OS. The number of carbonyl (C=O) groups is 1. The summed E-state index contributed by atoms with van der Waals surface area (Å²) in [5.74, 6) is 0.0116. The van der Waals surface area contributed by atoms with Crippen molar-refractivity contribution < 1.29 is 26.3 Å². The van der Waals surface area contributed by atoms with E-state index in [-0.39, 0.29) is 22.9 Å². The number of amides is 1. The first kappa shape index (κ1) is 17.6. The van der Waals surface area contributed by atoms with Crippen molar-refractivity contribution in [1.82, 2.24) is 0 Å². The first-order valence-electron chi connectivity index (χ1n) is 7.43. The van der Waals surface area contributed by atoms with Crippen LogP contribution in [-0.4, -0.2) is 5.91 Å². The monoisotopic (exact) mass is 390 g/mol. The second-order valence-electron chi connectivity index (χ2n) is 5.33. The third-order valence-corrected chi connectivity index (χ3v) is 4.76. The van der Waals surface area contributed by atoms with Crippen molar-refractivity contribution in [1.29, 1.82) is 0 Å². The molecule has 0 spiro atoms. The summed E-state index contributed by atoms with van der Waals surface area (Å²) in [5.41, 5.74) is 6.34. The predicted molar refractivity (Wildman–Crippen MR) is 91.2 cm³/mol. The van der Waals surface area contributed by atoms with Crippen molar-refractivity contribution in [2.45, 2.75) is 26.8 Å². The van der Waals surface area contributed by atoms with Crippen LogP contribution in [-0.2, 0) is 17.8 Å². The van der Waals surface area contributed by atoms with E-state index in [4.69, 9.17) is 0 Å². The van der Waals surface area contributed by atoms with Crippen LogP contribution in [0, 0.1) is 6.92 Å². The second kappa shape index (κ2) is 7.70. The van der Waals surface area contributed by atoms with E-state index < -0.39 is 0 Å². The number of halogens is 1. The van der Waals surface area contributed by atoms with Crippen molar-refractivity contribution in [2.75, 3.05) is 5.32 Å². The maximum atomic E-state index is 12.4. The molecule has 0 saturated carbocycles. The third-order valence-electron chi connectivity index (χ3n) is 3.80. The van der Waals surface area contributed by atoms with E-state index in [2.05, 4.69) is 24.4 Å². The van der Waals surface area contributed by atoms with Crippen LogP contribution in [0.3, 0.4) is 0 Å². The van der Waals surface area contributed by atoms with Crippen molar-refractivity contribution in [3.05, 3.63) is 59.1 Å². The van der Waals surface area contributed by atoms with Crippen LogP contribution in [0.25, 0.3) is 10.2 Å². The van der Waals surface area contributed by atoms with Gasteiger partial charge in [0.1, 0.15) is 4.70 Å². The van der Waals surface area contributed by atoms with E-state index in [0.717, 1.165) is 23.2 Å². The second-order valence-corrected chi connectivity index (χ2v) is 6.22. The largest absolute Gasteiger partial charge is 1.00 e. The molecule has 5 heteroatoms. The number of aryl methyl sites for hydroxylation is 2. The molecule has 1 N–H and O–H groups in total. The van der Waals surface area contributed by atoms with Crippen molar-refractivity contribution in [3.8, 4) is 0 Å². The zero-order chi connectivity index (χ0) is 15.5. The molecule has 0 saturated heterocycles. The number of fused-ring (bicyclic) bond motifs is 1.